The van der Waals surface area contributed by atoms with Gasteiger partial charge in [-0.1, -0.05) is 6.92 Å². The SMILES string of the molecule is CC1CC[NH+](Cc2ccc(C(F)(F)F)cc2O)CC1. The number of benzene rings is 1. The molecule has 2 nitrogen and oxygen atoms in total. The highest BCUT2D eigenvalue weighted by Crippen LogP contribution is 2.32. The number of piperidine rings is 1. The summed E-state index contributed by atoms with van der Waals surface area (Å²) < 4.78 is 37.5. The van der Waals surface area contributed by atoms with Crippen LogP contribution < -0.4 is 4.90 Å². The number of hydrogen-bond donors (Lipinski definition) is 2. The zero-order chi connectivity index (χ0) is 14.0. The van der Waals surface area contributed by atoms with Crippen LogP contribution in [0.15, 0.2) is 18.2 Å². The quantitative estimate of drug-likeness (QED) is 0.849. The largest absolute Gasteiger partial charge is 0.507 e. The molecule has 0 aliphatic carbocycles. The molecule has 0 radical (unpaired) electrons. The lowest BCUT2D eigenvalue weighted by atomic mass is 9.98. The third kappa shape index (κ3) is 3.62. The predicted molar refractivity (Wildman–Crippen MR) is 65.9 cm³/mol. The van der Waals surface area contributed by atoms with Crippen molar-refractivity contribution in [1.82, 2.24) is 0 Å². The second-order valence-electron chi connectivity index (χ2n) is 5.45. The van der Waals surface area contributed by atoms with Gasteiger partial charge in [0.15, 0.2) is 0 Å². The molecular formula is C14H19F3NO+. The summed E-state index contributed by atoms with van der Waals surface area (Å²) in [6.07, 6.45) is -2.13. The van der Waals surface area contributed by atoms with E-state index in [4.69, 9.17) is 0 Å². The number of alkyl halides is 3. The van der Waals surface area contributed by atoms with Gasteiger partial charge in [-0.15, -0.1) is 0 Å². The molecule has 2 N–H and O–H groups in total. The molecule has 0 saturated carbocycles. The highest BCUT2D eigenvalue weighted by atomic mass is 19.4. The number of likely N-dealkylation sites (tertiary alicyclic amines) is 1. The van der Waals surface area contributed by atoms with Crippen LogP contribution in [0.3, 0.4) is 0 Å². The number of quaternary nitrogens is 1. The van der Waals surface area contributed by atoms with Crippen LogP contribution in [0.1, 0.15) is 30.9 Å². The summed E-state index contributed by atoms with van der Waals surface area (Å²) in [6.45, 7) is 4.84. The molecule has 1 aromatic carbocycles. The van der Waals surface area contributed by atoms with Gasteiger partial charge in [0.1, 0.15) is 12.3 Å². The fraction of sp³-hybridized carbons (Fsp3) is 0.571. The second-order valence-corrected chi connectivity index (χ2v) is 5.45. The second kappa shape index (κ2) is 5.41. The molecule has 0 amide bonds. The standard InChI is InChI=1S/C14H18F3NO/c1-10-4-6-18(7-5-10)9-11-2-3-12(8-13(11)19)14(15,16)17/h2-3,8,10,19H,4-7,9H2,1H3/p+1. The van der Waals surface area contributed by atoms with Gasteiger partial charge in [-0.25, -0.2) is 0 Å². The Morgan fingerprint density at radius 1 is 1.26 bits per heavy atom. The number of rotatable bonds is 2. The summed E-state index contributed by atoms with van der Waals surface area (Å²) in [7, 11) is 0. The van der Waals surface area contributed by atoms with Crippen LogP contribution in [-0.4, -0.2) is 18.2 Å². The smallest absolute Gasteiger partial charge is 0.416 e. The van der Waals surface area contributed by atoms with Crippen LogP contribution in [0.4, 0.5) is 13.2 Å². The molecule has 106 valence electrons. The molecule has 0 aromatic heterocycles. The zero-order valence-electron chi connectivity index (χ0n) is 10.9. The number of hydrogen-bond acceptors (Lipinski definition) is 1. The summed E-state index contributed by atoms with van der Waals surface area (Å²) >= 11 is 0. The Kier molecular flexibility index (Phi) is 4.04. The van der Waals surface area contributed by atoms with Crippen molar-refractivity contribution in [2.45, 2.75) is 32.5 Å². The zero-order valence-corrected chi connectivity index (χ0v) is 10.9. The lowest BCUT2D eigenvalue weighted by Crippen LogP contribution is -3.11. The fourth-order valence-electron chi connectivity index (χ4n) is 2.51. The number of phenolic OH excluding ortho intramolecular Hbond substituents is 1. The molecule has 0 atom stereocenters. The number of halogens is 3. The van der Waals surface area contributed by atoms with E-state index in [0.29, 0.717) is 12.1 Å². The number of aromatic hydroxyl groups is 1. The van der Waals surface area contributed by atoms with E-state index in [1.54, 1.807) is 0 Å². The Morgan fingerprint density at radius 2 is 1.89 bits per heavy atom. The van der Waals surface area contributed by atoms with E-state index >= 15 is 0 Å². The predicted octanol–water partition coefficient (Wildman–Crippen LogP) is 2.23. The summed E-state index contributed by atoms with van der Waals surface area (Å²) in [5, 5.41) is 9.72. The maximum absolute atomic E-state index is 12.5. The van der Waals surface area contributed by atoms with E-state index < -0.39 is 11.7 Å². The van der Waals surface area contributed by atoms with Crippen molar-refractivity contribution in [3.8, 4) is 5.75 Å². The average Bonchev–Trinajstić information content (AvgIpc) is 2.33. The Labute approximate surface area is 110 Å². The van der Waals surface area contributed by atoms with Crippen LogP contribution in [0.2, 0.25) is 0 Å². The molecule has 5 heteroatoms. The van der Waals surface area contributed by atoms with Crippen LogP contribution in [0.5, 0.6) is 5.75 Å². The van der Waals surface area contributed by atoms with Crippen molar-refractivity contribution in [2.24, 2.45) is 5.92 Å². The highest BCUT2D eigenvalue weighted by Gasteiger charge is 2.31. The van der Waals surface area contributed by atoms with Crippen LogP contribution in [-0.2, 0) is 12.7 Å². The van der Waals surface area contributed by atoms with E-state index in [0.717, 1.165) is 44.0 Å². The third-order valence-electron chi connectivity index (χ3n) is 3.83. The third-order valence-corrected chi connectivity index (χ3v) is 3.83. The first kappa shape index (κ1) is 14.2. The molecule has 0 unspecified atom stereocenters. The Morgan fingerprint density at radius 3 is 2.42 bits per heavy atom. The summed E-state index contributed by atoms with van der Waals surface area (Å²) in [5.74, 6) is 0.478. The molecule has 1 aromatic rings. The van der Waals surface area contributed by atoms with Gasteiger partial charge in [-0.3, -0.25) is 0 Å². The molecular weight excluding hydrogens is 255 g/mol. The van der Waals surface area contributed by atoms with E-state index in [2.05, 4.69) is 6.92 Å². The van der Waals surface area contributed by atoms with Crippen molar-refractivity contribution in [3.63, 3.8) is 0 Å². The molecule has 1 saturated heterocycles. The van der Waals surface area contributed by atoms with Crippen LogP contribution in [0.25, 0.3) is 0 Å². The molecule has 1 fully saturated rings. The average molecular weight is 274 g/mol. The maximum atomic E-state index is 12.5. The summed E-state index contributed by atoms with van der Waals surface area (Å²) in [5.41, 5.74) is -0.200. The van der Waals surface area contributed by atoms with E-state index in [1.165, 1.54) is 11.0 Å². The number of nitrogens with one attached hydrogen (secondary N) is 1. The molecule has 2 rings (SSSR count). The minimum atomic E-state index is -4.40. The van der Waals surface area contributed by atoms with Crippen molar-refractivity contribution in [3.05, 3.63) is 29.3 Å². The Hall–Kier alpha value is -1.23. The van der Waals surface area contributed by atoms with Gasteiger partial charge < -0.3 is 10.0 Å². The first-order valence-corrected chi connectivity index (χ1v) is 6.59. The normalized spacial score (nSPS) is 24.4. The van der Waals surface area contributed by atoms with Crippen molar-refractivity contribution in [1.29, 1.82) is 0 Å². The molecule has 1 aliphatic heterocycles. The summed E-state index contributed by atoms with van der Waals surface area (Å²) in [4.78, 5) is 1.33. The minimum Gasteiger partial charge on any atom is -0.507 e. The van der Waals surface area contributed by atoms with Gasteiger partial charge in [0.25, 0.3) is 0 Å². The monoisotopic (exact) mass is 274 g/mol. The van der Waals surface area contributed by atoms with E-state index in [9.17, 15) is 18.3 Å². The van der Waals surface area contributed by atoms with Gasteiger partial charge in [-0.2, -0.15) is 13.2 Å². The Balaban J connectivity index is 2.05. The lowest BCUT2D eigenvalue weighted by molar-refractivity contribution is -0.919. The van der Waals surface area contributed by atoms with E-state index in [-0.39, 0.29) is 5.75 Å². The van der Waals surface area contributed by atoms with Gasteiger partial charge in [0.2, 0.25) is 0 Å². The van der Waals surface area contributed by atoms with Crippen molar-refractivity contribution < 1.29 is 23.2 Å². The first-order chi connectivity index (χ1) is 8.86. The summed E-state index contributed by atoms with van der Waals surface area (Å²) in [6, 6.07) is 3.26. The van der Waals surface area contributed by atoms with E-state index in [1.807, 2.05) is 0 Å². The van der Waals surface area contributed by atoms with Gasteiger partial charge >= 0.3 is 6.18 Å². The van der Waals surface area contributed by atoms with Crippen molar-refractivity contribution >= 4 is 0 Å². The van der Waals surface area contributed by atoms with Gasteiger partial charge in [0, 0.05) is 5.56 Å². The molecule has 1 aliphatic rings. The topological polar surface area (TPSA) is 24.7 Å². The minimum absolute atomic E-state index is 0.249. The van der Waals surface area contributed by atoms with Gasteiger partial charge in [0.05, 0.1) is 18.7 Å². The fourth-order valence-corrected chi connectivity index (χ4v) is 2.51. The Bertz CT molecular complexity index is 437. The van der Waals surface area contributed by atoms with Crippen LogP contribution >= 0.6 is 0 Å². The van der Waals surface area contributed by atoms with Gasteiger partial charge in [-0.05, 0) is 37.0 Å². The molecule has 0 spiro atoms. The van der Waals surface area contributed by atoms with Crippen LogP contribution in [0, 0.1) is 5.92 Å². The number of phenols is 1. The maximum Gasteiger partial charge on any atom is 0.416 e. The van der Waals surface area contributed by atoms with Crippen molar-refractivity contribution in [2.75, 3.05) is 13.1 Å². The highest BCUT2D eigenvalue weighted by molar-refractivity contribution is 5.37. The lowest BCUT2D eigenvalue weighted by Gasteiger charge is -2.27. The molecule has 0 bridgehead atoms. The molecule has 1 heterocycles. The molecule has 19 heavy (non-hydrogen) atoms. The first-order valence-electron chi connectivity index (χ1n) is 6.59.